The first-order chi connectivity index (χ1) is 12.8. The van der Waals surface area contributed by atoms with Gasteiger partial charge in [-0.05, 0) is 35.7 Å². The molecule has 0 fully saturated rings. The molecule has 0 unspecified atom stereocenters. The van der Waals surface area contributed by atoms with E-state index in [2.05, 4.69) is 10.6 Å². The van der Waals surface area contributed by atoms with Crippen LogP contribution in [0.2, 0.25) is 0 Å². The van der Waals surface area contributed by atoms with Gasteiger partial charge in [0.15, 0.2) is 0 Å². The zero-order chi connectivity index (χ0) is 19.8. The summed E-state index contributed by atoms with van der Waals surface area (Å²) < 4.78 is 18.7. The van der Waals surface area contributed by atoms with Crippen LogP contribution in [0.15, 0.2) is 48.5 Å². The first kappa shape index (κ1) is 23.4. The second-order valence-corrected chi connectivity index (χ2v) is 6.48. The number of hydrogen-bond donors (Lipinski definition) is 3. The summed E-state index contributed by atoms with van der Waals surface area (Å²) in [5.41, 5.74) is 7.11. The molecule has 0 spiro atoms. The zero-order valence-corrected chi connectivity index (χ0v) is 16.6. The molecule has 0 bridgehead atoms. The minimum absolute atomic E-state index is 0. The fourth-order valence-corrected chi connectivity index (χ4v) is 2.26. The molecule has 8 heteroatoms. The van der Waals surface area contributed by atoms with E-state index in [1.807, 2.05) is 19.9 Å². The normalized spacial score (nSPS) is 11.3. The van der Waals surface area contributed by atoms with Crippen LogP contribution in [0.25, 0.3) is 0 Å². The van der Waals surface area contributed by atoms with E-state index >= 15 is 0 Å². The molecule has 152 valence electrons. The van der Waals surface area contributed by atoms with Gasteiger partial charge in [-0.15, -0.1) is 12.4 Å². The molecule has 0 aliphatic carbocycles. The lowest BCUT2D eigenvalue weighted by molar-refractivity contribution is -0.125. The van der Waals surface area contributed by atoms with E-state index in [0.717, 1.165) is 5.56 Å². The highest BCUT2D eigenvalue weighted by molar-refractivity contribution is 5.95. The van der Waals surface area contributed by atoms with Gasteiger partial charge in [-0.25, -0.2) is 4.39 Å². The quantitative estimate of drug-likeness (QED) is 0.625. The first-order valence-corrected chi connectivity index (χ1v) is 8.65. The monoisotopic (exact) mass is 409 g/mol. The minimum atomic E-state index is -0.652. The van der Waals surface area contributed by atoms with Gasteiger partial charge >= 0.3 is 0 Å². The molecular weight excluding hydrogens is 385 g/mol. The third-order valence-corrected chi connectivity index (χ3v) is 3.86. The SMILES string of the molecule is CC(C)[C@H](N)C(=O)NCC(=O)Nc1cccc(COc2cccc(F)c2)c1.Cl. The summed E-state index contributed by atoms with van der Waals surface area (Å²) in [6, 6.07) is 12.3. The highest BCUT2D eigenvalue weighted by atomic mass is 35.5. The number of amides is 2. The zero-order valence-electron chi connectivity index (χ0n) is 15.8. The lowest BCUT2D eigenvalue weighted by Crippen LogP contribution is -2.46. The third-order valence-electron chi connectivity index (χ3n) is 3.86. The van der Waals surface area contributed by atoms with Crippen molar-refractivity contribution in [3.05, 3.63) is 59.9 Å². The molecule has 4 N–H and O–H groups in total. The maximum atomic E-state index is 13.2. The smallest absolute Gasteiger partial charge is 0.243 e. The fraction of sp³-hybridized carbons (Fsp3) is 0.300. The average Bonchev–Trinajstić information content (AvgIpc) is 2.64. The molecule has 1 atom stereocenters. The third kappa shape index (κ3) is 7.54. The van der Waals surface area contributed by atoms with Gasteiger partial charge in [0, 0.05) is 11.8 Å². The van der Waals surface area contributed by atoms with Crippen molar-refractivity contribution < 1.29 is 18.7 Å². The number of benzene rings is 2. The number of hydrogen-bond acceptors (Lipinski definition) is 4. The number of anilines is 1. The Labute approximate surface area is 170 Å². The van der Waals surface area contributed by atoms with Crippen molar-refractivity contribution in [2.75, 3.05) is 11.9 Å². The van der Waals surface area contributed by atoms with Crippen LogP contribution in [0, 0.1) is 11.7 Å². The molecule has 0 aliphatic heterocycles. The Hall–Kier alpha value is -2.64. The van der Waals surface area contributed by atoms with Crippen molar-refractivity contribution in [3.8, 4) is 5.75 Å². The van der Waals surface area contributed by atoms with Crippen LogP contribution in [-0.2, 0) is 16.2 Å². The Balaban J connectivity index is 0.00000392. The Morgan fingerprint density at radius 3 is 2.54 bits per heavy atom. The summed E-state index contributed by atoms with van der Waals surface area (Å²) in [4.78, 5) is 23.8. The fourth-order valence-electron chi connectivity index (χ4n) is 2.26. The lowest BCUT2D eigenvalue weighted by atomic mass is 10.1. The van der Waals surface area contributed by atoms with Crippen LogP contribution < -0.4 is 21.1 Å². The summed E-state index contributed by atoms with van der Waals surface area (Å²) in [6.45, 7) is 3.74. The number of carbonyl (C=O) groups excluding carboxylic acids is 2. The van der Waals surface area contributed by atoms with E-state index in [4.69, 9.17) is 10.5 Å². The van der Waals surface area contributed by atoms with E-state index in [1.165, 1.54) is 12.1 Å². The summed E-state index contributed by atoms with van der Waals surface area (Å²) in [5, 5.41) is 5.22. The van der Waals surface area contributed by atoms with Crippen LogP contribution in [0.3, 0.4) is 0 Å². The van der Waals surface area contributed by atoms with E-state index in [1.54, 1.807) is 30.3 Å². The highest BCUT2D eigenvalue weighted by Gasteiger charge is 2.17. The summed E-state index contributed by atoms with van der Waals surface area (Å²) in [5.74, 6) is -0.677. The summed E-state index contributed by atoms with van der Waals surface area (Å²) in [7, 11) is 0. The molecule has 0 saturated carbocycles. The molecule has 2 rings (SSSR count). The topological polar surface area (TPSA) is 93.5 Å². The predicted octanol–water partition coefficient (Wildman–Crippen LogP) is 2.86. The van der Waals surface area contributed by atoms with Crippen molar-refractivity contribution in [1.82, 2.24) is 5.32 Å². The van der Waals surface area contributed by atoms with Gasteiger partial charge in [0.2, 0.25) is 11.8 Å². The number of nitrogens with one attached hydrogen (secondary N) is 2. The van der Waals surface area contributed by atoms with Crippen LogP contribution in [0.5, 0.6) is 5.75 Å². The predicted molar refractivity (Wildman–Crippen MR) is 109 cm³/mol. The Bertz CT molecular complexity index is 802. The van der Waals surface area contributed by atoms with Crippen LogP contribution >= 0.6 is 12.4 Å². The van der Waals surface area contributed by atoms with Gasteiger partial charge in [0.25, 0.3) is 0 Å². The average molecular weight is 410 g/mol. The van der Waals surface area contributed by atoms with E-state index in [9.17, 15) is 14.0 Å². The van der Waals surface area contributed by atoms with Crippen molar-refractivity contribution in [3.63, 3.8) is 0 Å². The number of ether oxygens (including phenoxy) is 1. The van der Waals surface area contributed by atoms with Crippen molar-refractivity contribution in [2.24, 2.45) is 11.7 Å². The largest absolute Gasteiger partial charge is 0.489 e. The van der Waals surface area contributed by atoms with E-state index in [0.29, 0.717) is 11.4 Å². The maximum Gasteiger partial charge on any atom is 0.243 e. The van der Waals surface area contributed by atoms with Gasteiger partial charge in [-0.3, -0.25) is 9.59 Å². The van der Waals surface area contributed by atoms with Crippen LogP contribution in [-0.4, -0.2) is 24.4 Å². The molecule has 0 radical (unpaired) electrons. The van der Waals surface area contributed by atoms with Gasteiger partial charge < -0.3 is 21.1 Å². The van der Waals surface area contributed by atoms with Crippen molar-refractivity contribution >= 4 is 29.9 Å². The molecule has 28 heavy (non-hydrogen) atoms. The lowest BCUT2D eigenvalue weighted by Gasteiger charge is -2.15. The molecule has 0 heterocycles. The molecule has 2 amide bonds. The number of rotatable bonds is 8. The number of halogens is 2. The van der Waals surface area contributed by atoms with E-state index in [-0.39, 0.29) is 49.1 Å². The molecule has 2 aromatic rings. The minimum Gasteiger partial charge on any atom is -0.489 e. The standard InChI is InChI=1S/C20H24FN3O3.ClH/c1-13(2)19(22)20(26)23-11-18(25)24-16-7-3-5-14(9-16)12-27-17-8-4-6-15(21)10-17;/h3-10,13,19H,11-12,22H2,1-2H3,(H,23,26)(H,24,25);1H/t19-;/m0./s1. The van der Waals surface area contributed by atoms with Gasteiger partial charge in [0.1, 0.15) is 18.2 Å². The second-order valence-electron chi connectivity index (χ2n) is 6.48. The molecule has 0 saturated heterocycles. The second kappa shape index (κ2) is 11.3. The summed E-state index contributed by atoms with van der Waals surface area (Å²) in [6.07, 6.45) is 0. The maximum absolute atomic E-state index is 13.2. The highest BCUT2D eigenvalue weighted by Crippen LogP contribution is 2.16. The molecule has 6 nitrogen and oxygen atoms in total. The van der Waals surface area contributed by atoms with E-state index < -0.39 is 6.04 Å². The molecular formula is C20H25ClFN3O3. The van der Waals surface area contributed by atoms with Crippen molar-refractivity contribution in [2.45, 2.75) is 26.5 Å². The molecule has 0 aromatic heterocycles. The Morgan fingerprint density at radius 1 is 1.14 bits per heavy atom. The van der Waals surface area contributed by atoms with Crippen LogP contribution in [0.1, 0.15) is 19.4 Å². The Kier molecular flexibility index (Phi) is 9.41. The van der Waals surface area contributed by atoms with Gasteiger partial charge in [0.05, 0.1) is 12.6 Å². The van der Waals surface area contributed by atoms with Crippen molar-refractivity contribution in [1.29, 1.82) is 0 Å². The molecule has 0 aliphatic rings. The Morgan fingerprint density at radius 2 is 1.86 bits per heavy atom. The molecule has 2 aromatic carbocycles. The van der Waals surface area contributed by atoms with Gasteiger partial charge in [-0.2, -0.15) is 0 Å². The summed E-state index contributed by atoms with van der Waals surface area (Å²) >= 11 is 0. The van der Waals surface area contributed by atoms with Gasteiger partial charge in [-0.1, -0.05) is 32.0 Å². The number of carbonyl (C=O) groups is 2. The van der Waals surface area contributed by atoms with Crippen LogP contribution in [0.4, 0.5) is 10.1 Å². The number of nitrogens with two attached hydrogens (primary N) is 1. The first-order valence-electron chi connectivity index (χ1n) is 8.65.